The number of rotatable bonds is 6. The summed E-state index contributed by atoms with van der Waals surface area (Å²) in [5.74, 6) is 1.83. The Kier molecular flexibility index (Phi) is 4.99. The van der Waals surface area contributed by atoms with Crippen LogP contribution in [0.3, 0.4) is 0 Å². The first kappa shape index (κ1) is 17.0. The van der Waals surface area contributed by atoms with Crippen molar-refractivity contribution in [3.8, 4) is 0 Å². The molecule has 3 rings (SSSR count). The van der Waals surface area contributed by atoms with E-state index >= 15 is 0 Å². The summed E-state index contributed by atoms with van der Waals surface area (Å²) < 4.78 is 7.18. The summed E-state index contributed by atoms with van der Waals surface area (Å²) in [6.45, 7) is 4.99. The quantitative estimate of drug-likeness (QED) is 0.461. The van der Waals surface area contributed by atoms with E-state index in [-0.39, 0.29) is 6.54 Å². The van der Waals surface area contributed by atoms with E-state index < -0.39 is 5.60 Å². The van der Waals surface area contributed by atoms with Crippen LogP contribution in [-0.4, -0.2) is 38.8 Å². The number of fused-ring (bicyclic) bond motifs is 1. The van der Waals surface area contributed by atoms with Gasteiger partial charge in [-0.05, 0) is 38.1 Å². The number of pyridine rings is 1. The first-order valence-electron chi connectivity index (χ1n) is 8.17. The van der Waals surface area contributed by atoms with Gasteiger partial charge < -0.3 is 20.2 Å². The van der Waals surface area contributed by atoms with Gasteiger partial charge in [0.15, 0.2) is 17.4 Å². The van der Waals surface area contributed by atoms with Gasteiger partial charge in [0, 0.05) is 12.7 Å². The highest BCUT2D eigenvalue weighted by molar-refractivity contribution is 5.79. The van der Waals surface area contributed by atoms with E-state index in [4.69, 9.17) is 4.42 Å². The van der Waals surface area contributed by atoms with Crippen molar-refractivity contribution in [2.75, 3.05) is 13.1 Å². The summed E-state index contributed by atoms with van der Waals surface area (Å²) in [5.41, 5.74) is -0.354. The molecule has 3 N–H and O–H groups in total. The Balaban J connectivity index is 1.69. The molecule has 1 atom stereocenters. The lowest BCUT2D eigenvalue weighted by atomic mass is 10.0. The maximum absolute atomic E-state index is 10.5. The van der Waals surface area contributed by atoms with Crippen LogP contribution in [0.5, 0.6) is 0 Å². The molecule has 0 fully saturated rings. The van der Waals surface area contributed by atoms with Crippen molar-refractivity contribution < 1.29 is 9.52 Å². The summed E-state index contributed by atoms with van der Waals surface area (Å²) >= 11 is 0. The van der Waals surface area contributed by atoms with Gasteiger partial charge in [0.2, 0.25) is 0 Å². The van der Waals surface area contributed by atoms with Crippen LogP contribution in [0, 0.1) is 0 Å². The molecule has 0 bridgehead atoms. The fourth-order valence-electron chi connectivity index (χ4n) is 2.42. The predicted molar refractivity (Wildman–Crippen MR) is 94.1 cm³/mol. The third-order valence-electron chi connectivity index (χ3n) is 3.76. The van der Waals surface area contributed by atoms with E-state index in [9.17, 15) is 5.11 Å². The SMILES string of the molecule is CCNC(=NCc1nnc2ccccn12)NCC(C)(O)c1ccco1. The summed E-state index contributed by atoms with van der Waals surface area (Å²) in [5, 5.41) is 25.1. The summed E-state index contributed by atoms with van der Waals surface area (Å²) in [6, 6.07) is 9.23. The Labute approximate surface area is 145 Å². The van der Waals surface area contributed by atoms with Gasteiger partial charge in [-0.3, -0.25) is 4.40 Å². The normalized spacial score (nSPS) is 14.4. The number of nitrogens with zero attached hydrogens (tertiary/aromatic N) is 4. The third-order valence-corrected chi connectivity index (χ3v) is 3.76. The lowest BCUT2D eigenvalue weighted by molar-refractivity contribution is 0.0386. The van der Waals surface area contributed by atoms with Gasteiger partial charge in [0.1, 0.15) is 17.9 Å². The highest BCUT2D eigenvalue weighted by Gasteiger charge is 2.26. The van der Waals surface area contributed by atoms with Crippen molar-refractivity contribution in [3.63, 3.8) is 0 Å². The summed E-state index contributed by atoms with van der Waals surface area (Å²) in [4.78, 5) is 4.52. The largest absolute Gasteiger partial charge is 0.466 e. The number of guanidine groups is 1. The minimum Gasteiger partial charge on any atom is -0.466 e. The monoisotopic (exact) mass is 342 g/mol. The number of aromatic nitrogens is 3. The maximum Gasteiger partial charge on any atom is 0.191 e. The van der Waals surface area contributed by atoms with E-state index in [2.05, 4.69) is 25.8 Å². The van der Waals surface area contributed by atoms with Gasteiger partial charge in [0.05, 0.1) is 12.8 Å². The van der Waals surface area contributed by atoms with Gasteiger partial charge in [0.25, 0.3) is 0 Å². The third kappa shape index (κ3) is 3.97. The van der Waals surface area contributed by atoms with Gasteiger partial charge in [-0.2, -0.15) is 0 Å². The van der Waals surface area contributed by atoms with Gasteiger partial charge in [-0.1, -0.05) is 6.07 Å². The number of hydrogen-bond acceptors (Lipinski definition) is 5. The molecule has 0 aromatic carbocycles. The second kappa shape index (κ2) is 7.35. The van der Waals surface area contributed by atoms with Crippen molar-refractivity contribution in [2.24, 2.45) is 4.99 Å². The standard InChI is InChI=1S/C17H22N6O2/c1-3-18-16(20-12-17(2,24)13-7-6-10-25-13)19-11-15-22-21-14-8-4-5-9-23(14)15/h4-10,24H,3,11-12H2,1-2H3,(H2,18,19,20). The van der Waals surface area contributed by atoms with Crippen molar-refractivity contribution in [1.29, 1.82) is 0 Å². The minimum atomic E-state index is -1.14. The van der Waals surface area contributed by atoms with E-state index in [0.717, 1.165) is 11.5 Å². The maximum atomic E-state index is 10.5. The van der Waals surface area contributed by atoms with Gasteiger partial charge in [-0.25, -0.2) is 4.99 Å². The lowest BCUT2D eigenvalue weighted by Gasteiger charge is -2.22. The molecule has 0 aliphatic carbocycles. The zero-order valence-electron chi connectivity index (χ0n) is 14.3. The Morgan fingerprint density at radius 3 is 2.92 bits per heavy atom. The Morgan fingerprint density at radius 1 is 1.28 bits per heavy atom. The Hall–Kier alpha value is -2.87. The van der Waals surface area contributed by atoms with Crippen LogP contribution in [0.4, 0.5) is 0 Å². The minimum absolute atomic E-state index is 0.257. The molecule has 1 unspecified atom stereocenters. The molecule has 0 radical (unpaired) electrons. The summed E-state index contributed by atoms with van der Waals surface area (Å²) in [7, 11) is 0. The van der Waals surface area contributed by atoms with Crippen LogP contribution in [-0.2, 0) is 12.1 Å². The molecule has 0 amide bonds. The molecule has 3 aromatic heterocycles. The molecule has 25 heavy (non-hydrogen) atoms. The summed E-state index contributed by atoms with van der Waals surface area (Å²) in [6.07, 6.45) is 3.45. The number of furan rings is 1. The van der Waals surface area contributed by atoms with Crippen molar-refractivity contribution in [2.45, 2.75) is 26.0 Å². The second-order valence-electron chi connectivity index (χ2n) is 5.84. The van der Waals surface area contributed by atoms with E-state index in [1.165, 1.54) is 0 Å². The molecular weight excluding hydrogens is 320 g/mol. The fourth-order valence-corrected chi connectivity index (χ4v) is 2.42. The number of hydrogen-bond donors (Lipinski definition) is 3. The van der Waals surface area contributed by atoms with Crippen molar-refractivity contribution >= 4 is 11.6 Å². The van der Waals surface area contributed by atoms with E-state index in [1.54, 1.807) is 25.3 Å². The average Bonchev–Trinajstić information content (AvgIpc) is 3.28. The number of nitrogens with one attached hydrogen (secondary N) is 2. The van der Waals surface area contributed by atoms with Crippen molar-refractivity contribution in [1.82, 2.24) is 25.2 Å². The molecule has 0 spiro atoms. The van der Waals surface area contributed by atoms with Gasteiger partial charge >= 0.3 is 0 Å². The number of aliphatic hydroxyl groups is 1. The first-order valence-corrected chi connectivity index (χ1v) is 8.17. The molecule has 0 aliphatic heterocycles. The highest BCUT2D eigenvalue weighted by atomic mass is 16.4. The average molecular weight is 342 g/mol. The molecule has 0 aliphatic rings. The van der Waals surface area contributed by atoms with Crippen LogP contribution in [0.2, 0.25) is 0 Å². The van der Waals surface area contributed by atoms with Crippen LogP contribution < -0.4 is 10.6 Å². The van der Waals surface area contributed by atoms with Crippen LogP contribution in [0.1, 0.15) is 25.4 Å². The second-order valence-corrected chi connectivity index (χ2v) is 5.84. The fraction of sp³-hybridized carbons (Fsp3) is 0.353. The van der Waals surface area contributed by atoms with E-state index in [1.807, 2.05) is 35.7 Å². The predicted octanol–water partition coefficient (Wildman–Crippen LogP) is 1.29. The molecule has 3 heterocycles. The zero-order chi connectivity index (χ0) is 17.7. The zero-order valence-corrected chi connectivity index (χ0v) is 14.3. The topological polar surface area (TPSA) is 100.0 Å². The molecular formula is C17H22N6O2. The van der Waals surface area contributed by atoms with Crippen LogP contribution in [0.15, 0.2) is 52.2 Å². The lowest BCUT2D eigenvalue weighted by Crippen LogP contribution is -2.44. The van der Waals surface area contributed by atoms with Crippen LogP contribution in [0.25, 0.3) is 5.65 Å². The Morgan fingerprint density at radius 2 is 2.16 bits per heavy atom. The van der Waals surface area contributed by atoms with Crippen LogP contribution >= 0.6 is 0 Å². The molecule has 0 saturated carbocycles. The Bertz CT molecular complexity index is 838. The molecule has 132 valence electrons. The highest BCUT2D eigenvalue weighted by Crippen LogP contribution is 2.19. The molecule has 3 aromatic rings. The number of aliphatic imine (C=N–C) groups is 1. The first-order chi connectivity index (χ1) is 12.1. The van der Waals surface area contributed by atoms with E-state index in [0.29, 0.717) is 24.8 Å². The molecule has 8 nitrogen and oxygen atoms in total. The molecule has 0 saturated heterocycles. The van der Waals surface area contributed by atoms with Gasteiger partial charge in [-0.15, -0.1) is 10.2 Å². The smallest absolute Gasteiger partial charge is 0.191 e. The molecule has 8 heteroatoms. The van der Waals surface area contributed by atoms with Crippen molar-refractivity contribution in [3.05, 3.63) is 54.4 Å².